The molecule has 0 aliphatic carbocycles. The van der Waals surface area contributed by atoms with Gasteiger partial charge >= 0.3 is 0 Å². The third-order valence-electron chi connectivity index (χ3n) is 6.35. The van der Waals surface area contributed by atoms with Crippen LogP contribution in [0.4, 0.5) is 5.69 Å². The van der Waals surface area contributed by atoms with Crippen molar-refractivity contribution in [2.75, 3.05) is 5.32 Å². The van der Waals surface area contributed by atoms with Gasteiger partial charge in [0.2, 0.25) is 5.91 Å². The Hall–Kier alpha value is -5.11. The Kier molecular flexibility index (Phi) is 7.04. The summed E-state index contributed by atoms with van der Waals surface area (Å²) in [6.45, 7) is 0.153. The van der Waals surface area contributed by atoms with Gasteiger partial charge in [0.15, 0.2) is 0 Å². The first-order chi connectivity index (χ1) is 18.5. The molecule has 5 rings (SSSR count). The fourth-order valence-electron chi connectivity index (χ4n) is 4.42. The summed E-state index contributed by atoms with van der Waals surface area (Å²) in [6.07, 6.45) is 3.21. The maximum atomic E-state index is 13.7. The third kappa shape index (κ3) is 5.05. The average molecular weight is 505 g/mol. The highest BCUT2D eigenvalue weighted by molar-refractivity contribution is 6.23. The van der Waals surface area contributed by atoms with Crippen LogP contribution in [0.2, 0.25) is 0 Å². The van der Waals surface area contributed by atoms with Crippen LogP contribution in [0.3, 0.4) is 0 Å². The van der Waals surface area contributed by atoms with Crippen LogP contribution < -0.4 is 10.6 Å². The lowest BCUT2D eigenvalue weighted by molar-refractivity contribution is -0.119. The Bertz CT molecular complexity index is 1470. The number of nitrogens with one attached hydrogen (secondary N) is 2. The zero-order valence-electron chi connectivity index (χ0n) is 20.3. The maximum absolute atomic E-state index is 13.7. The minimum absolute atomic E-state index is 0.151. The number of hydrogen-bond donors (Lipinski definition) is 2. The highest BCUT2D eigenvalue weighted by atomic mass is 16.2. The van der Waals surface area contributed by atoms with E-state index in [2.05, 4.69) is 15.6 Å². The Morgan fingerprint density at radius 2 is 1.45 bits per heavy atom. The summed E-state index contributed by atoms with van der Waals surface area (Å²) in [5.74, 6) is -1.81. The molecule has 3 aromatic carbocycles. The van der Waals surface area contributed by atoms with Crippen LogP contribution >= 0.6 is 0 Å². The molecule has 2 N–H and O–H groups in total. The topological polar surface area (TPSA) is 108 Å². The number of benzene rings is 3. The molecule has 0 saturated heterocycles. The Morgan fingerprint density at radius 1 is 0.789 bits per heavy atom. The number of aromatic nitrogens is 1. The minimum Gasteiger partial charge on any atom is -0.348 e. The van der Waals surface area contributed by atoms with Gasteiger partial charge in [-0.1, -0.05) is 60.7 Å². The zero-order valence-corrected chi connectivity index (χ0v) is 20.3. The molecule has 1 aliphatic heterocycles. The van der Waals surface area contributed by atoms with E-state index in [0.29, 0.717) is 16.8 Å². The van der Waals surface area contributed by atoms with Crippen LogP contribution in [-0.4, -0.2) is 39.6 Å². The van der Waals surface area contributed by atoms with Gasteiger partial charge in [-0.15, -0.1) is 0 Å². The van der Waals surface area contributed by atoms with Crippen LogP contribution in [0.5, 0.6) is 0 Å². The number of rotatable bonds is 8. The normalized spacial score (nSPS) is 13.1. The van der Waals surface area contributed by atoms with Crippen molar-refractivity contribution in [1.29, 1.82) is 0 Å². The van der Waals surface area contributed by atoms with Gasteiger partial charge in [0.05, 0.1) is 16.7 Å². The number of anilines is 1. The molecule has 4 amide bonds. The van der Waals surface area contributed by atoms with E-state index in [0.717, 1.165) is 10.5 Å². The van der Waals surface area contributed by atoms with Crippen molar-refractivity contribution in [1.82, 2.24) is 15.2 Å². The summed E-state index contributed by atoms with van der Waals surface area (Å²) < 4.78 is 0. The molecule has 0 saturated carbocycles. The van der Waals surface area contributed by atoms with Crippen molar-refractivity contribution >= 4 is 29.3 Å². The summed E-state index contributed by atoms with van der Waals surface area (Å²) in [4.78, 5) is 57.7. The van der Waals surface area contributed by atoms with Crippen LogP contribution in [0.1, 0.15) is 42.2 Å². The molecule has 4 aromatic rings. The van der Waals surface area contributed by atoms with Crippen LogP contribution in [0.15, 0.2) is 103 Å². The van der Waals surface area contributed by atoms with E-state index in [4.69, 9.17) is 0 Å². The van der Waals surface area contributed by atoms with E-state index in [-0.39, 0.29) is 30.0 Å². The smallest absolute Gasteiger partial charge is 0.262 e. The first kappa shape index (κ1) is 24.6. The first-order valence-electron chi connectivity index (χ1n) is 12.1. The first-order valence-corrected chi connectivity index (χ1v) is 12.1. The number of nitrogens with zero attached hydrogens (tertiary/aromatic N) is 2. The summed E-state index contributed by atoms with van der Waals surface area (Å²) >= 11 is 0. The molecular formula is C30H24N4O4. The number of pyridine rings is 1. The second kappa shape index (κ2) is 10.9. The molecule has 8 heteroatoms. The number of amides is 4. The van der Waals surface area contributed by atoms with E-state index in [9.17, 15) is 19.2 Å². The van der Waals surface area contributed by atoms with Crippen molar-refractivity contribution < 1.29 is 19.2 Å². The van der Waals surface area contributed by atoms with Crippen LogP contribution in [0, 0.1) is 0 Å². The van der Waals surface area contributed by atoms with E-state index >= 15 is 0 Å². The number of hydrogen-bond acceptors (Lipinski definition) is 5. The van der Waals surface area contributed by atoms with E-state index < -0.39 is 23.8 Å². The van der Waals surface area contributed by atoms with Crippen molar-refractivity contribution in [3.8, 4) is 0 Å². The molecule has 188 valence electrons. The Morgan fingerprint density at radius 3 is 2.13 bits per heavy atom. The predicted octanol–water partition coefficient (Wildman–Crippen LogP) is 3.86. The number of imide groups is 1. The molecule has 0 fully saturated rings. The molecule has 8 nitrogen and oxygen atoms in total. The Labute approximate surface area is 219 Å². The molecule has 38 heavy (non-hydrogen) atoms. The molecule has 1 unspecified atom stereocenters. The van der Waals surface area contributed by atoms with E-state index in [1.165, 1.54) is 6.20 Å². The Balaban J connectivity index is 1.39. The monoisotopic (exact) mass is 504 g/mol. The number of para-hydroxylation sites is 1. The SMILES string of the molecule is O=C(NCc1ccccc1NC(=O)C(Cc1ccccc1)N1C(=O)c2ccccc2C1=O)c1cccnc1. The molecular weight excluding hydrogens is 480 g/mol. The van der Waals surface area contributed by atoms with Crippen molar-refractivity contribution in [3.63, 3.8) is 0 Å². The number of carbonyl (C=O) groups excluding carboxylic acids is 4. The van der Waals surface area contributed by atoms with Gasteiger partial charge in [-0.05, 0) is 41.5 Å². The predicted molar refractivity (Wildman–Crippen MR) is 141 cm³/mol. The number of carbonyl (C=O) groups is 4. The van der Waals surface area contributed by atoms with Crippen molar-refractivity contribution in [2.45, 2.75) is 19.0 Å². The highest BCUT2D eigenvalue weighted by Crippen LogP contribution is 2.27. The van der Waals surface area contributed by atoms with Crippen molar-refractivity contribution in [2.24, 2.45) is 0 Å². The lowest BCUT2D eigenvalue weighted by Gasteiger charge is -2.26. The number of fused-ring (bicyclic) bond motifs is 1. The van der Waals surface area contributed by atoms with E-state index in [1.807, 2.05) is 30.3 Å². The standard InChI is InChI=1S/C30H24N4O4/c35-27(22-12-8-16-31-18-22)32-19-21-11-4-7-15-25(21)33-28(36)26(17-20-9-2-1-3-10-20)34-29(37)23-13-5-6-14-24(23)30(34)38/h1-16,18,26H,17,19H2,(H,32,35)(H,33,36). The van der Waals surface area contributed by atoms with Crippen LogP contribution in [0.25, 0.3) is 0 Å². The van der Waals surface area contributed by atoms with Gasteiger partial charge in [0.25, 0.3) is 17.7 Å². The second-order valence-electron chi connectivity index (χ2n) is 8.80. The second-order valence-corrected chi connectivity index (χ2v) is 8.80. The van der Waals surface area contributed by atoms with Gasteiger partial charge in [-0.25, -0.2) is 0 Å². The fraction of sp³-hybridized carbons (Fsp3) is 0.100. The summed E-state index contributed by atoms with van der Waals surface area (Å²) in [5.41, 5.74) is 2.92. The summed E-state index contributed by atoms with van der Waals surface area (Å²) in [5, 5.41) is 5.72. The molecule has 2 heterocycles. The van der Waals surface area contributed by atoms with Gasteiger partial charge in [-0.2, -0.15) is 0 Å². The maximum Gasteiger partial charge on any atom is 0.262 e. The lowest BCUT2D eigenvalue weighted by atomic mass is 10.0. The molecule has 0 radical (unpaired) electrons. The van der Waals surface area contributed by atoms with Crippen LogP contribution in [-0.2, 0) is 17.8 Å². The van der Waals surface area contributed by atoms with Gasteiger partial charge in [0.1, 0.15) is 6.04 Å². The lowest BCUT2D eigenvalue weighted by Crippen LogP contribution is -2.48. The average Bonchev–Trinajstić information content (AvgIpc) is 3.21. The summed E-state index contributed by atoms with van der Waals surface area (Å²) in [7, 11) is 0. The molecule has 0 spiro atoms. The molecule has 1 aliphatic rings. The largest absolute Gasteiger partial charge is 0.348 e. The minimum atomic E-state index is -1.08. The zero-order chi connectivity index (χ0) is 26.5. The summed E-state index contributed by atoms with van der Waals surface area (Å²) in [6, 6.07) is 25.1. The molecule has 1 aromatic heterocycles. The van der Waals surface area contributed by atoms with Gasteiger partial charge in [-0.3, -0.25) is 29.1 Å². The molecule has 0 bridgehead atoms. The quantitative estimate of drug-likeness (QED) is 0.354. The van der Waals surface area contributed by atoms with Gasteiger partial charge in [0, 0.05) is 31.0 Å². The van der Waals surface area contributed by atoms with Crippen molar-refractivity contribution in [3.05, 3.63) is 131 Å². The van der Waals surface area contributed by atoms with E-state index in [1.54, 1.807) is 66.9 Å². The third-order valence-corrected chi connectivity index (χ3v) is 6.35. The highest BCUT2D eigenvalue weighted by Gasteiger charge is 2.42. The van der Waals surface area contributed by atoms with Gasteiger partial charge < -0.3 is 10.6 Å². The fourth-order valence-corrected chi connectivity index (χ4v) is 4.42. The molecule has 1 atom stereocenters.